The van der Waals surface area contributed by atoms with E-state index in [4.69, 9.17) is 42.4 Å². The zero-order valence-corrected chi connectivity index (χ0v) is 31.4. The average molecular weight is 744 g/mol. The van der Waals surface area contributed by atoms with Gasteiger partial charge in [-0.15, -0.1) is 0 Å². The maximum absolute atomic E-state index is 14.1. The highest BCUT2D eigenvalue weighted by molar-refractivity contribution is 6.42. The van der Waals surface area contributed by atoms with Gasteiger partial charge in [0.15, 0.2) is 11.5 Å². The molecule has 1 atom stereocenters. The van der Waals surface area contributed by atoms with Gasteiger partial charge in [-0.25, -0.2) is 4.98 Å². The van der Waals surface area contributed by atoms with E-state index in [0.29, 0.717) is 52.5 Å². The molecule has 4 heterocycles. The molecule has 2 fully saturated rings. The standard InChI is InChI=1S/C40H44Cl2N6O4/c1-50-35-23-28(24-36(51-2)37(35)52-3)38(49)47-20-15-40(27-47,29-12-13-31(41)32(42)25-29)14-19-45-17-8-18-46(22-21-45)39-44-33-10-4-5-11-34(33)48(39)26-30-9-6-7-16-43-30/h4-7,9-13,16,23-25H,8,14-15,17-22,26-27H2,1-3H3. The molecular weight excluding hydrogens is 699 g/mol. The molecule has 1 unspecified atom stereocenters. The number of nitrogens with zero attached hydrogens (tertiary/aromatic N) is 6. The van der Waals surface area contributed by atoms with Crippen LogP contribution in [-0.2, 0) is 12.0 Å². The van der Waals surface area contributed by atoms with Gasteiger partial charge in [-0.1, -0.05) is 47.5 Å². The Labute approximate surface area is 314 Å². The van der Waals surface area contributed by atoms with Crippen LogP contribution in [0.3, 0.4) is 0 Å². The number of carbonyl (C=O) groups is 1. The SMILES string of the molecule is COc1cc(C(=O)N2CCC(CCN3CCCN(c4nc5ccccc5n4Cc4ccccn4)CC3)(c3ccc(Cl)c(Cl)c3)C2)cc(OC)c1OC. The average Bonchev–Trinajstić information content (AvgIpc) is 3.69. The van der Waals surface area contributed by atoms with Crippen molar-refractivity contribution in [3.63, 3.8) is 0 Å². The maximum Gasteiger partial charge on any atom is 0.254 e. The number of rotatable bonds is 11. The summed E-state index contributed by atoms with van der Waals surface area (Å²) in [5, 5.41) is 1.04. The molecule has 52 heavy (non-hydrogen) atoms. The van der Waals surface area contributed by atoms with Crippen molar-refractivity contribution in [2.24, 2.45) is 0 Å². The van der Waals surface area contributed by atoms with Gasteiger partial charge in [-0.05, 0) is 86.4 Å². The first-order valence-electron chi connectivity index (χ1n) is 17.7. The second-order valence-corrected chi connectivity index (χ2v) is 14.4. The molecule has 0 aliphatic carbocycles. The fourth-order valence-corrected chi connectivity index (χ4v) is 8.02. The van der Waals surface area contributed by atoms with Gasteiger partial charge < -0.3 is 33.5 Å². The van der Waals surface area contributed by atoms with Crippen molar-refractivity contribution in [2.75, 3.05) is 72.0 Å². The largest absolute Gasteiger partial charge is 0.493 e. The van der Waals surface area contributed by atoms with E-state index in [1.165, 1.54) is 0 Å². The molecule has 7 rings (SSSR count). The van der Waals surface area contributed by atoms with E-state index in [9.17, 15) is 4.79 Å². The highest BCUT2D eigenvalue weighted by atomic mass is 35.5. The van der Waals surface area contributed by atoms with Gasteiger partial charge in [0.25, 0.3) is 5.91 Å². The third-order valence-corrected chi connectivity index (χ3v) is 11.3. The van der Waals surface area contributed by atoms with Crippen LogP contribution in [0.2, 0.25) is 10.0 Å². The lowest BCUT2D eigenvalue weighted by Crippen LogP contribution is -2.39. The minimum absolute atomic E-state index is 0.0832. The van der Waals surface area contributed by atoms with E-state index in [2.05, 4.69) is 49.7 Å². The second kappa shape index (κ2) is 15.6. The predicted molar refractivity (Wildman–Crippen MR) is 206 cm³/mol. The fourth-order valence-electron chi connectivity index (χ4n) is 7.72. The number of fused-ring (bicyclic) bond motifs is 1. The molecular formula is C40H44Cl2N6O4. The first-order chi connectivity index (χ1) is 25.3. The highest BCUT2D eigenvalue weighted by Gasteiger charge is 2.42. The number of imidazole rings is 1. The topological polar surface area (TPSA) is 85.2 Å². The molecule has 2 aromatic heterocycles. The predicted octanol–water partition coefficient (Wildman–Crippen LogP) is 7.20. The van der Waals surface area contributed by atoms with Crippen LogP contribution in [0, 0.1) is 0 Å². The molecule has 2 aliphatic heterocycles. The van der Waals surface area contributed by atoms with Crippen LogP contribution in [0.25, 0.3) is 11.0 Å². The van der Waals surface area contributed by atoms with E-state index in [1.807, 2.05) is 41.4 Å². The monoisotopic (exact) mass is 742 g/mol. The Hall–Kier alpha value is -4.51. The number of aromatic nitrogens is 3. The number of likely N-dealkylation sites (tertiary alicyclic amines) is 1. The number of para-hydroxylation sites is 2. The van der Waals surface area contributed by atoms with Gasteiger partial charge in [-0.2, -0.15) is 0 Å². The smallest absolute Gasteiger partial charge is 0.254 e. The molecule has 0 spiro atoms. The molecule has 272 valence electrons. The Bertz CT molecular complexity index is 2020. The summed E-state index contributed by atoms with van der Waals surface area (Å²) in [7, 11) is 4.66. The molecule has 2 saturated heterocycles. The number of methoxy groups -OCH3 is 3. The summed E-state index contributed by atoms with van der Waals surface area (Å²) in [5.41, 5.74) is 4.39. The van der Waals surface area contributed by atoms with Gasteiger partial charge in [0.2, 0.25) is 11.7 Å². The van der Waals surface area contributed by atoms with Gasteiger partial charge in [0, 0.05) is 49.9 Å². The Morgan fingerprint density at radius 1 is 0.846 bits per heavy atom. The Morgan fingerprint density at radius 2 is 1.63 bits per heavy atom. The van der Waals surface area contributed by atoms with Crippen LogP contribution in [0.15, 0.2) is 79.0 Å². The number of halogens is 2. The minimum Gasteiger partial charge on any atom is -0.493 e. The molecule has 2 aliphatic rings. The molecule has 0 saturated carbocycles. The van der Waals surface area contributed by atoms with Crippen LogP contribution >= 0.6 is 23.2 Å². The molecule has 1 amide bonds. The first kappa shape index (κ1) is 35.9. The summed E-state index contributed by atoms with van der Waals surface area (Å²) in [4.78, 5) is 30.7. The van der Waals surface area contributed by atoms with Crippen molar-refractivity contribution >= 4 is 46.1 Å². The number of hydrogen-bond donors (Lipinski definition) is 0. The van der Waals surface area contributed by atoms with Gasteiger partial charge in [0.1, 0.15) is 0 Å². The maximum atomic E-state index is 14.1. The molecule has 12 heteroatoms. The molecule has 5 aromatic rings. The van der Waals surface area contributed by atoms with E-state index in [0.717, 1.165) is 80.2 Å². The van der Waals surface area contributed by atoms with E-state index < -0.39 is 0 Å². The van der Waals surface area contributed by atoms with Gasteiger partial charge >= 0.3 is 0 Å². The zero-order chi connectivity index (χ0) is 36.2. The molecule has 3 aromatic carbocycles. The van der Waals surface area contributed by atoms with Crippen molar-refractivity contribution in [3.05, 3.63) is 106 Å². The minimum atomic E-state index is -0.298. The van der Waals surface area contributed by atoms with Crippen LogP contribution < -0.4 is 19.1 Å². The lowest BCUT2D eigenvalue weighted by atomic mass is 9.76. The molecule has 10 nitrogen and oxygen atoms in total. The number of carbonyl (C=O) groups excluding carboxylic acids is 1. The van der Waals surface area contributed by atoms with Crippen molar-refractivity contribution in [3.8, 4) is 17.2 Å². The summed E-state index contributed by atoms with van der Waals surface area (Å²) >= 11 is 13.0. The zero-order valence-electron chi connectivity index (χ0n) is 29.9. The van der Waals surface area contributed by atoms with E-state index >= 15 is 0 Å². The summed E-state index contributed by atoms with van der Waals surface area (Å²) in [6.45, 7) is 6.35. The van der Waals surface area contributed by atoms with Crippen LogP contribution in [0.1, 0.15) is 40.9 Å². The lowest BCUT2D eigenvalue weighted by molar-refractivity contribution is 0.0780. The third kappa shape index (κ3) is 7.24. The van der Waals surface area contributed by atoms with Crippen LogP contribution in [0.5, 0.6) is 17.2 Å². The van der Waals surface area contributed by atoms with Crippen molar-refractivity contribution in [1.82, 2.24) is 24.3 Å². The van der Waals surface area contributed by atoms with Crippen LogP contribution in [-0.4, -0.2) is 97.4 Å². The molecule has 0 radical (unpaired) electrons. The third-order valence-electron chi connectivity index (χ3n) is 10.5. The highest BCUT2D eigenvalue weighted by Crippen LogP contribution is 2.43. The first-order valence-corrected chi connectivity index (χ1v) is 18.5. The van der Waals surface area contributed by atoms with Crippen molar-refractivity contribution < 1.29 is 19.0 Å². The Kier molecular flexibility index (Phi) is 10.8. The summed E-state index contributed by atoms with van der Waals surface area (Å²) in [6, 6.07) is 23.7. The summed E-state index contributed by atoms with van der Waals surface area (Å²) in [5.74, 6) is 2.25. The number of hydrogen-bond acceptors (Lipinski definition) is 8. The number of benzene rings is 3. The van der Waals surface area contributed by atoms with Gasteiger partial charge in [0.05, 0.1) is 54.6 Å². The van der Waals surface area contributed by atoms with Crippen LogP contribution in [0.4, 0.5) is 5.95 Å². The normalized spacial score (nSPS) is 18.1. The number of amides is 1. The number of pyridine rings is 1. The van der Waals surface area contributed by atoms with Gasteiger partial charge in [-0.3, -0.25) is 9.78 Å². The second-order valence-electron chi connectivity index (χ2n) is 13.5. The molecule has 0 N–H and O–H groups in total. The van der Waals surface area contributed by atoms with Crippen molar-refractivity contribution in [1.29, 1.82) is 0 Å². The van der Waals surface area contributed by atoms with E-state index in [-0.39, 0.29) is 11.3 Å². The van der Waals surface area contributed by atoms with E-state index in [1.54, 1.807) is 33.5 Å². The number of anilines is 1. The lowest BCUT2D eigenvalue weighted by Gasteiger charge is -2.33. The summed E-state index contributed by atoms with van der Waals surface area (Å²) in [6.07, 6.45) is 4.52. The Balaban J connectivity index is 1.09. The Morgan fingerprint density at radius 3 is 2.37 bits per heavy atom. The quantitative estimate of drug-likeness (QED) is 0.141. The fraction of sp³-hybridized carbons (Fsp3) is 0.375. The summed E-state index contributed by atoms with van der Waals surface area (Å²) < 4.78 is 18.9. The molecule has 0 bridgehead atoms. The van der Waals surface area contributed by atoms with Crippen molar-refractivity contribution in [2.45, 2.75) is 31.2 Å². The number of ether oxygens (including phenoxy) is 3.